The van der Waals surface area contributed by atoms with Gasteiger partial charge in [-0.2, -0.15) is 0 Å². The number of rotatable bonds is 2. The average Bonchev–Trinajstić information content (AvgIpc) is 2.56. The fraction of sp³-hybridized carbons (Fsp3) is 0.111. The van der Waals surface area contributed by atoms with Crippen LogP contribution in [0.4, 0.5) is 4.39 Å². The second kappa shape index (κ2) is 3.88. The summed E-state index contributed by atoms with van der Waals surface area (Å²) >= 11 is 3.06. The molecule has 0 saturated heterocycles. The molecule has 1 aromatic heterocycles. The van der Waals surface area contributed by atoms with E-state index in [4.69, 9.17) is 4.42 Å². The minimum atomic E-state index is -0.250. The van der Waals surface area contributed by atoms with Crippen molar-refractivity contribution in [1.82, 2.24) is 10.2 Å². The molecule has 14 heavy (non-hydrogen) atoms. The quantitative estimate of drug-likeness (QED) is 0.829. The predicted octanol–water partition coefficient (Wildman–Crippen LogP) is 2.56. The lowest BCUT2D eigenvalue weighted by atomic mass is 10.1. The van der Waals surface area contributed by atoms with Gasteiger partial charge in [-0.1, -0.05) is 12.1 Å². The molecule has 0 fully saturated rings. The molecular weight excluding hydrogens is 251 g/mol. The molecule has 0 bridgehead atoms. The van der Waals surface area contributed by atoms with Gasteiger partial charge in [0.1, 0.15) is 5.82 Å². The van der Waals surface area contributed by atoms with Gasteiger partial charge in [0, 0.05) is 15.9 Å². The van der Waals surface area contributed by atoms with Crippen LogP contribution in [-0.4, -0.2) is 10.2 Å². The summed E-state index contributed by atoms with van der Waals surface area (Å²) in [6.45, 7) is 0. The minimum absolute atomic E-state index is 0.250. The third kappa shape index (κ3) is 2.17. The Bertz CT molecular complexity index is 427. The molecule has 0 atom stereocenters. The Kier molecular flexibility index (Phi) is 2.58. The molecule has 0 spiro atoms. The fourth-order valence-electron chi connectivity index (χ4n) is 1.08. The molecule has 0 aliphatic carbocycles. The van der Waals surface area contributed by atoms with Crippen molar-refractivity contribution in [1.29, 1.82) is 0 Å². The Morgan fingerprint density at radius 2 is 1.93 bits per heavy atom. The molecule has 0 radical (unpaired) electrons. The molecule has 0 unspecified atom stereocenters. The normalized spacial score (nSPS) is 10.4. The van der Waals surface area contributed by atoms with E-state index in [9.17, 15) is 4.39 Å². The summed E-state index contributed by atoms with van der Waals surface area (Å²) in [7, 11) is 0. The van der Waals surface area contributed by atoms with Crippen LogP contribution in [0.3, 0.4) is 0 Å². The Morgan fingerprint density at radius 1 is 1.21 bits per heavy atom. The zero-order valence-electron chi connectivity index (χ0n) is 7.08. The lowest BCUT2D eigenvalue weighted by Gasteiger charge is -1.95. The highest BCUT2D eigenvalue weighted by Gasteiger charge is 2.04. The van der Waals surface area contributed by atoms with Crippen molar-refractivity contribution in [2.24, 2.45) is 0 Å². The first-order chi connectivity index (χ1) is 6.74. The van der Waals surface area contributed by atoms with Crippen LogP contribution >= 0.6 is 15.9 Å². The first-order valence-corrected chi connectivity index (χ1v) is 4.75. The maximum Gasteiger partial charge on any atom is 0.284 e. The highest BCUT2D eigenvalue weighted by Crippen LogP contribution is 2.12. The van der Waals surface area contributed by atoms with Gasteiger partial charge in [0.2, 0.25) is 5.89 Å². The summed E-state index contributed by atoms with van der Waals surface area (Å²) in [5.41, 5.74) is 0.933. The summed E-state index contributed by atoms with van der Waals surface area (Å²) in [6.07, 6.45) is 0.513. The summed E-state index contributed by atoms with van der Waals surface area (Å²) in [6, 6.07) is 6.18. The SMILES string of the molecule is Fc1ccc(Cc2nnc(Br)o2)cc1. The molecule has 5 heteroatoms. The van der Waals surface area contributed by atoms with Gasteiger partial charge >= 0.3 is 0 Å². The van der Waals surface area contributed by atoms with E-state index < -0.39 is 0 Å². The van der Waals surface area contributed by atoms with Crippen LogP contribution in [0.25, 0.3) is 0 Å². The second-order valence-electron chi connectivity index (χ2n) is 2.75. The molecule has 0 N–H and O–H groups in total. The molecule has 0 saturated carbocycles. The van der Waals surface area contributed by atoms with Crippen molar-refractivity contribution in [3.8, 4) is 0 Å². The summed E-state index contributed by atoms with van der Waals surface area (Å²) < 4.78 is 17.7. The third-order valence-corrected chi connectivity index (χ3v) is 2.03. The zero-order chi connectivity index (χ0) is 9.97. The molecule has 72 valence electrons. The fourth-order valence-corrected chi connectivity index (χ4v) is 1.35. The van der Waals surface area contributed by atoms with Gasteiger partial charge in [0.15, 0.2) is 0 Å². The van der Waals surface area contributed by atoms with Gasteiger partial charge in [0.25, 0.3) is 4.80 Å². The van der Waals surface area contributed by atoms with E-state index in [2.05, 4.69) is 26.1 Å². The molecule has 0 aliphatic rings. The van der Waals surface area contributed by atoms with Crippen molar-refractivity contribution in [3.05, 3.63) is 46.3 Å². The lowest BCUT2D eigenvalue weighted by molar-refractivity contribution is 0.482. The first-order valence-electron chi connectivity index (χ1n) is 3.96. The Hall–Kier alpha value is -1.23. The van der Waals surface area contributed by atoms with E-state index in [1.54, 1.807) is 12.1 Å². The van der Waals surface area contributed by atoms with Gasteiger partial charge in [-0.3, -0.25) is 0 Å². The third-order valence-electron chi connectivity index (χ3n) is 1.71. The Morgan fingerprint density at radius 3 is 2.50 bits per heavy atom. The molecule has 2 aromatic rings. The van der Waals surface area contributed by atoms with Crippen LogP contribution in [0.1, 0.15) is 11.5 Å². The molecule has 0 aliphatic heterocycles. The molecule has 3 nitrogen and oxygen atoms in total. The van der Waals surface area contributed by atoms with Crippen LogP contribution in [0.2, 0.25) is 0 Å². The molecular formula is C9H6BrFN2O. The van der Waals surface area contributed by atoms with E-state index in [-0.39, 0.29) is 5.82 Å². The molecule has 1 heterocycles. The van der Waals surface area contributed by atoms with Gasteiger partial charge < -0.3 is 4.42 Å². The van der Waals surface area contributed by atoms with E-state index in [0.717, 1.165) is 5.56 Å². The highest BCUT2D eigenvalue weighted by molar-refractivity contribution is 9.10. The Labute approximate surface area is 88.1 Å². The number of halogens is 2. The number of benzene rings is 1. The topological polar surface area (TPSA) is 38.9 Å². The monoisotopic (exact) mass is 256 g/mol. The minimum Gasteiger partial charge on any atom is -0.415 e. The van der Waals surface area contributed by atoms with Gasteiger partial charge in [-0.25, -0.2) is 4.39 Å². The maximum atomic E-state index is 12.6. The van der Waals surface area contributed by atoms with Crippen molar-refractivity contribution >= 4 is 15.9 Å². The second-order valence-corrected chi connectivity index (χ2v) is 3.43. The lowest BCUT2D eigenvalue weighted by Crippen LogP contribution is -1.88. The number of hydrogen-bond acceptors (Lipinski definition) is 3. The largest absolute Gasteiger partial charge is 0.415 e. The van der Waals surface area contributed by atoms with Crippen LogP contribution < -0.4 is 0 Å². The van der Waals surface area contributed by atoms with Crippen LogP contribution in [0.15, 0.2) is 33.5 Å². The van der Waals surface area contributed by atoms with E-state index in [1.165, 1.54) is 12.1 Å². The number of aromatic nitrogens is 2. The van der Waals surface area contributed by atoms with Crippen molar-refractivity contribution in [2.75, 3.05) is 0 Å². The van der Waals surface area contributed by atoms with Crippen molar-refractivity contribution in [2.45, 2.75) is 6.42 Å². The van der Waals surface area contributed by atoms with E-state index in [1.807, 2.05) is 0 Å². The standard InChI is InChI=1S/C9H6BrFN2O/c10-9-13-12-8(14-9)5-6-1-3-7(11)4-2-6/h1-4H,5H2. The van der Waals surface area contributed by atoms with E-state index in [0.29, 0.717) is 17.1 Å². The summed E-state index contributed by atoms with van der Waals surface area (Å²) in [4.78, 5) is 0.356. The van der Waals surface area contributed by atoms with Crippen molar-refractivity contribution in [3.63, 3.8) is 0 Å². The smallest absolute Gasteiger partial charge is 0.284 e. The Balaban J connectivity index is 2.15. The van der Waals surface area contributed by atoms with Gasteiger partial charge in [-0.15, -0.1) is 10.2 Å². The first kappa shape index (κ1) is 9.33. The van der Waals surface area contributed by atoms with Crippen molar-refractivity contribution < 1.29 is 8.81 Å². The maximum absolute atomic E-state index is 12.6. The molecule has 0 amide bonds. The van der Waals surface area contributed by atoms with Gasteiger partial charge in [0.05, 0.1) is 6.42 Å². The summed E-state index contributed by atoms with van der Waals surface area (Å²) in [5, 5.41) is 7.43. The number of hydrogen-bond donors (Lipinski definition) is 0. The van der Waals surface area contributed by atoms with Gasteiger partial charge in [-0.05, 0) is 17.7 Å². The van der Waals surface area contributed by atoms with E-state index >= 15 is 0 Å². The summed E-state index contributed by atoms with van der Waals surface area (Å²) in [5.74, 6) is 0.254. The van der Waals surface area contributed by atoms with Crippen LogP contribution in [0, 0.1) is 5.82 Å². The molecule has 1 aromatic carbocycles. The zero-order valence-corrected chi connectivity index (χ0v) is 8.66. The predicted molar refractivity (Wildman–Crippen MR) is 51.2 cm³/mol. The number of nitrogens with zero attached hydrogens (tertiary/aromatic N) is 2. The highest BCUT2D eigenvalue weighted by atomic mass is 79.9. The molecule has 2 rings (SSSR count). The van der Waals surface area contributed by atoms with Crippen LogP contribution in [0.5, 0.6) is 0 Å². The average molecular weight is 257 g/mol. The van der Waals surface area contributed by atoms with Crippen LogP contribution in [-0.2, 0) is 6.42 Å².